The van der Waals surface area contributed by atoms with Crippen LogP contribution in [0.2, 0.25) is 4.34 Å². The number of morpholine rings is 1. The fraction of sp³-hybridized carbons (Fsp3) is 0.312. The summed E-state index contributed by atoms with van der Waals surface area (Å²) in [6.07, 6.45) is 0. The van der Waals surface area contributed by atoms with Gasteiger partial charge >= 0.3 is 0 Å². The van der Waals surface area contributed by atoms with Gasteiger partial charge in [0.25, 0.3) is 5.69 Å². The smallest absolute Gasteiger partial charge is 0.295 e. The number of halogens is 1. The van der Waals surface area contributed by atoms with Crippen molar-refractivity contribution in [2.24, 2.45) is 5.10 Å². The molecule has 150 valence electrons. The standard InChI is InChI=1S/C16H17ClN4O5S2/c1-11(15-4-5-16(17)27-15)18-19-13-3-2-12(10-14(13)21(22)23)28(24,25)20-6-8-26-9-7-20/h2-5,10,19H,6-9H2,1H3/b18-11-. The number of nitrogens with zero attached hydrogens (tertiary/aromatic N) is 3. The highest BCUT2D eigenvalue weighted by molar-refractivity contribution is 7.89. The summed E-state index contributed by atoms with van der Waals surface area (Å²) in [4.78, 5) is 11.5. The van der Waals surface area contributed by atoms with Gasteiger partial charge in [-0.25, -0.2) is 8.42 Å². The quantitative estimate of drug-likeness (QED) is 0.415. The fourth-order valence-corrected chi connectivity index (χ4v) is 4.98. The number of anilines is 1. The van der Waals surface area contributed by atoms with Crippen molar-refractivity contribution in [1.82, 2.24) is 4.31 Å². The van der Waals surface area contributed by atoms with Gasteiger partial charge in [0.05, 0.1) is 38.0 Å². The molecule has 1 aliphatic heterocycles. The van der Waals surface area contributed by atoms with E-state index in [0.717, 1.165) is 10.9 Å². The molecule has 1 fully saturated rings. The van der Waals surface area contributed by atoms with Crippen LogP contribution in [0.15, 0.2) is 40.3 Å². The van der Waals surface area contributed by atoms with E-state index in [1.54, 1.807) is 19.1 Å². The minimum absolute atomic E-state index is 0.0907. The summed E-state index contributed by atoms with van der Waals surface area (Å²) in [6, 6.07) is 7.23. The number of rotatable bonds is 6. The Morgan fingerprint density at radius 2 is 2.04 bits per heavy atom. The van der Waals surface area contributed by atoms with Crippen LogP contribution < -0.4 is 5.43 Å². The number of hydrazone groups is 1. The van der Waals surface area contributed by atoms with E-state index < -0.39 is 14.9 Å². The molecule has 9 nitrogen and oxygen atoms in total. The molecule has 1 saturated heterocycles. The van der Waals surface area contributed by atoms with Crippen LogP contribution in [0.25, 0.3) is 0 Å². The van der Waals surface area contributed by atoms with Gasteiger partial charge in [0, 0.05) is 19.2 Å². The summed E-state index contributed by atoms with van der Waals surface area (Å²) >= 11 is 7.23. The Kier molecular flexibility index (Phi) is 6.30. The molecule has 2 aromatic rings. The number of nitrogens with one attached hydrogen (secondary N) is 1. The Morgan fingerprint density at radius 3 is 2.64 bits per heavy atom. The average Bonchev–Trinajstić information content (AvgIpc) is 3.13. The van der Waals surface area contributed by atoms with Gasteiger partial charge < -0.3 is 4.74 Å². The summed E-state index contributed by atoms with van der Waals surface area (Å²) < 4.78 is 32.4. The number of hydrogen-bond donors (Lipinski definition) is 1. The molecular formula is C16H17ClN4O5S2. The van der Waals surface area contributed by atoms with E-state index in [0.29, 0.717) is 23.3 Å². The number of thiophene rings is 1. The lowest BCUT2D eigenvalue weighted by atomic mass is 10.3. The van der Waals surface area contributed by atoms with Gasteiger partial charge in [-0.1, -0.05) is 11.6 Å². The van der Waals surface area contributed by atoms with Gasteiger partial charge in [0.1, 0.15) is 5.69 Å². The largest absolute Gasteiger partial charge is 0.379 e. The van der Waals surface area contributed by atoms with Crippen molar-refractivity contribution in [3.05, 3.63) is 49.7 Å². The molecule has 1 N–H and O–H groups in total. The number of sulfonamides is 1. The minimum Gasteiger partial charge on any atom is -0.379 e. The molecule has 0 saturated carbocycles. The Morgan fingerprint density at radius 1 is 1.32 bits per heavy atom. The highest BCUT2D eigenvalue weighted by atomic mass is 35.5. The lowest BCUT2D eigenvalue weighted by Gasteiger charge is -2.26. The Balaban J connectivity index is 1.88. The fourth-order valence-electron chi connectivity index (χ4n) is 2.56. The predicted octanol–water partition coefficient (Wildman–Crippen LogP) is 3.17. The van der Waals surface area contributed by atoms with Crippen LogP contribution >= 0.6 is 22.9 Å². The Labute approximate surface area is 170 Å². The van der Waals surface area contributed by atoms with Crippen LogP contribution in [0.1, 0.15) is 11.8 Å². The van der Waals surface area contributed by atoms with Crippen molar-refractivity contribution in [1.29, 1.82) is 0 Å². The first-order valence-corrected chi connectivity index (χ1v) is 10.8. The topological polar surface area (TPSA) is 114 Å². The van der Waals surface area contributed by atoms with Crippen LogP contribution in [-0.2, 0) is 14.8 Å². The molecule has 0 amide bonds. The monoisotopic (exact) mass is 444 g/mol. The van der Waals surface area contributed by atoms with Crippen molar-refractivity contribution in [3.63, 3.8) is 0 Å². The molecular weight excluding hydrogens is 428 g/mol. The first-order valence-electron chi connectivity index (χ1n) is 8.21. The van der Waals surface area contributed by atoms with Crippen molar-refractivity contribution in [2.75, 3.05) is 31.7 Å². The van der Waals surface area contributed by atoms with Gasteiger partial charge in [0.2, 0.25) is 10.0 Å². The van der Waals surface area contributed by atoms with Gasteiger partial charge in [-0.05, 0) is 31.2 Å². The van der Waals surface area contributed by atoms with E-state index in [4.69, 9.17) is 16.3 Å². The van der Waals surface area contributed by atoms with E-state index in [1.807, 2.05) is 0 Å². The van der Waals surface area contributed by atoms with Crippen molar-refractivity contribution in [3.8, 4) is 0 Å². The summed E-state index contributed by atoms with van der Waals surface area (Å²) in [7, 11) is -3.83. The molecule has 0 atom stereocenters. The maximum Gasteiger partial charge on any atom is 0.295 e. The number of ether oxygens (including phenoxy) is 1. The first-order chi connectivity index (χ1) is 13.3. The third-order valence-electron chi connectivity index (χ3n) is 4.05. The average molecular weight is 445 g/mol. The van der Waals surface area contributed by atoms with Crippen LogP contribution in [0.5, 0.6) is 0 Å². The summed E-state index contributed by atoms with van der Waals surface area (Å²) in [5.41, 5.74) is 2.95. The van der Waals surface area contributed by atoms with Crippen LogP contribution in [0.4, 0.5) is 11.4 Å². The van der Waals surface area contributed by atoms with Crippen molar-refractivity contribution in [2.45, 2.75) is 11.8 Å². The second-order valence-electron chi connectivity index (χ2n) is 5.87. The van der Waals surface area contributed by atoms with Gasteiger partial charge in [0.15, 0.2) is 0 Å². The number of nitro groups is 1. The molecule has 0 unspecified atom stereocenters. The zero-order chi connectivity index (χ0) is 20.3. The van der Waals surface area contributed by atoms with E-state index in [1.165, 1.54) is 27.8 Å². The molecule has 28 heavy (non-hydrogen) atoms. The van der Waals surface area contributed by atoms with Crippen molar-refractivity contribution < 1.29 is 18.1 Å². The van der Waals surface area contributed by atoms with E-state index in [2.05, 4.69) is 10.5 Å². The molecule has 0 radical (unpaired) electrons. The molecule has 3 rings (SSSR count). The number of benzene rings is 1. The van der Waals surface area contributed by atoms with E-state index >= 15 is 0 Å². The zero-order valence-electron chi connectivity index (χ0n) is 14.8. The van der Waals surface area contributed by atoms with Crippen molar-refractivity contribution >= 4 is 50.0 Å². The molecule has 0 bridgehead atoms. The van der Waals surface area contributed by atoms with Crippen LogP contribution in [-0.4, -0.2) is 49.7 Å². The molecule has 1 aromatic carbocycles. The Hall–Kier alpha value is -2.05. The number of hydrogen-bond acceptors (Lipinski definition) is 8. The van der Waals surface area contributed by atoms with Crippen LogP contribution in [0, 0.1) is 10.1 Å². The Bertz CT molecular complexity index is 1020. The molecule has 0 aliphatic carbocycles. The predicted molar refractivity (Wildman–Crippen MR) is 108 cm³/mol. The van der Waals surface area contributed by atoms with E-state index in [9.17, 15) is 18.5 Å². The maximum absolute atomic E-state index is 12.7. The van der Waals surface area contributed by atoms with E-state index in [-0.39, 0.29) is 29.4 Å². The summed E-state index contributed by atoms with van der Waals surface area (Å²) in [6.45, 7) is 2.74. The highest BCUT2D eigenvalue weighted by Gasteiger charge is 2.28. The molecule has 0 spiro atoms. The second kappa shape index (κ2) is 8.53. The van der Waals surface area contributed by atoms with Gasteiger partial charge in [-0.15, -0.1) is 11.3 Å². The molecule has 1 aliphatic rings. The SMILES string of the molecule is C/C(=N/Nc1ccc(S(=O)(=O)N2CCOCC2)cc1[N+](=O)[O-])c1ccc(Cl)s1. The third kappa shape index (κ3) is 4.50. The summed E-state index contributed by atoms with van der Waals surface area (Å²) in [5.74, 6) is 0. The third-order valence-corrected chi connectivity index (χ3v) is 7.28. The van der Waals surface area contributed by atoms with Crippen LogP contribution in [0.3, 0.4) is 0 Å². The first kappa shape index (κ1) is 20.7. The second-order valence-corrected chi connectivity index (χ2v) is 9.52. The zero-order valence-corrected chi connectivity index (χ0v) is 17.2. The highest BCUT2D eigenvalue weighted by Crippen LogP contribution is 2.30. The normalized spacial score (nSPS) is 16.1. The number of nitro benzene ring substituents is 1. The molecule has 12 heteroatoms. The lowest BCUT2D eigenvalue weighted by Crippen LogP contribution is -2.40. The van der Waals surface area contributed by atoms with Gasteiger partial charge in [-0.3, -0.25) is 15.5 Å². The molecule has 1 aromatic heterocycles. The molecule has 2 heterocycles. The lowest BCUT2D eigenvalue weighted by molar-refractivity contribution is -0.384. The van der Waals surface area contributed by atoms with Gasteiger partial charge in [-0.2, -0.15) is 9.41 Å². The maximum atomic E-state index is 12.7. The summed E-state index contributed by atoms with van der Waals surface area (Å²) in [5, 5.41) is 15.6. The minimum atomic E-state index is -3.83.